The van der Waals surface area contributed by atoms with Gasteiger partial charge in [-0.15, -0.1) is 0 Å². The number of rotatable bonds is 4. The van der Waals surface area contributed by atoms with Crippen LogP contribution in [0.3, 0.4) is 0 Å². The second-order valence-corrected chi connectivity index (χ2v) is 5.66. The Morgan fingerprint density at radius 2 is 2.14 bits per heavy atom. The van der Waals surface area contributed by atoms with Crippen molar-refractivity contribution in [3.63, 3.8) is 0 Å². The minimum atomic E-state index is -0.0869. The summed E-state index contributed by atoms with van der Waals surface area (Å²) in [7, 11) is 0. The highest BCUT2D eigenvalue weighted by atomic mass is 16.1. The fourth-order valence-electron chi connectivity index (χ4n) is 2.52. The molecular weight excluding hydrogens is 264 g/mol. The van der Waals surface area contributed by atoms with E-state index >= 15 is 0 Å². The third-order valence-electron chi connectivity index (χ3n) is 3.93. The molecule has 0 unspecified atom stereocenters. The minimum absolute atomic E-state index is 0.0869. The van der Waals surface area contributed by atoms with E-state index in [-0.39, 0.29) is 5.91 Å². The highest BCUT2D eigenvalue weighted by Gasteiger charge is 2.15. The van der Waals surface area contributed by atoms with E-state index in [9.17, 15) is 4.79 Å². The standard InChI is InChI=1S/C16H24N4O/c1-11-4-9-18-12(2)15(11)20-13(3)16(21)19-10-14-5-7-17-8-6-14/h4,9,14,17H,5-8,10H2,1-3H3,(H,19,21)/b20-13+. The maximum atomic E-state index is 12.1. The maximum absolute atomic E-state index is 12.1. The summed E-state index contributed by atoms with van der Waals surface area (Å²) in [6.45, 7) is 8.46. The van der Waals surface area contributed by atoms with Crippen LogP contribution in [-0.2, 0) is 4.79 Å². The van der Waals surface area contributed by atoms with E-state index in [2.05, 4.69) is 20.6 Å². The van der Waals surface area contributed by atoms with Crippen molar-refractivity contribution in [3.8, 4) is 0 Å². The van der Waals surface area contributed by atoms with E-state index in [1.165, 1.54) is 0 Å². The Labute approximate surface area is 126 Å². The van der Waals surface area contributed by atoms with Crippen molar-refractivity contribution in [2.45, 2.75) is 33.6 Å². The average Bonchev–Trinajstić information content (AvgIpc) is 2.49. The number of nitrogens with zero attached hydrogens (tertiary/aromatic N) is 2. The number of hydrogen-bond acceptors (Lipinski definition) is 4. The summed E-state index contributed by atoms with van der Waals surface area (Å²) in [5.74, 6) is 0.487. The van der Waals surface area contributed by atoms with Gasteiger partial charge in [0.25, 0.3) is 5.91 Å². The molecule has 1 aliphatic heterocycles. The van der Waals surface area contributed by atoms with Crippen LogP contribution in [0.4, 0.5) is 5.69 Å². The van der Waals surface area contributed by atoms with Crippen LogP contribution in [0.1, 0.15) is 31.0 Å². The molecule has 21 heavy (non-hydrogen) atoms. The number of carbonyl (C=O) groups excluding carboxylic acids is 1. The Bertz CT molecular complexity index is 513. The number of piperidine rings is 1. The topological polar surface area (TPSA) is 66.4 Å². The number of nitrogens with one attached hydrogen (secondary N) is 2. The third kappa shape index (κ3) is 4.36. The molecule has 114 valence electrons. The lowest BCUT2D eigenvalue weighted by molar-refractivity contribution is -0.115. The van der Waals surface area contributed by atoms with Crippen molar-refractivity contribution in [2.75, 3.05) is 19.6 Å². The normalized spacial score (nSPS) is 16.8. The number of carbonyl (C=O) groups is 1. The van der Waals surface area contributed by atoms with Gasteiger partial charge in [0.2, 0.25) is 0 Å². The Hall–Kier alpha value is -1.75. The van der Waals surface area contributed by atoms with Crippen LogP contribution in [-0.4, -0.2) is 36.2 Å². The number of aryl methyl sites for hydroxylation is 2. The highest BCUT2D eigenvalue weighted by Crippen LogP contribution is 2.21. The van der Waals surface area contributed by atoms with E-state index in [1.807, 2.05) is 19.9 Å². The van der Waals surface area contributed by atoms with Gasteiger partial charge in [0.15, 0.2) is 0 Å². The predicted molar refractivity (Wildman–Crippen MR) is 85.1 cm³/mol. The molecule has 0 radical (unpaired) electrons. The van der Waals surface area contributed by atoms with Gasteiger partial charge in [0, 0.05) is 12.7 Å². The molecular formula is C16H24N4O. The first-order valence-corrected chi connectivity index (χ1v) is 7.54. The molecule has 2 N–H and O–H groups in total. The van der Waals surface area contributed by atoms with Crippen LogP contribution in [0.15, 0.2) is 17.3 Å². The largest absolute Gasteiger partial charge is 0.351 e. The molecule has 0 spiro atoms. The lowest BCUT2D eigenvalue weighted by Gasteiger charge is -2.22. The van der Waals surface area contributed by atoms with Crippen molar-refractivity contribution in [3.05, 3.63) is 23.5 Å². The van der Waals surface area contributed by atoms with Crippen molar-refractivity contribution in [1.29, 1.82) is 0 Å². The molecule has 0 aliphatic carbocycles. The Kier molecular flexibility index (Phi) is 5.44. The molecule has 1 aromatic rings. The zero-order valence-corrected chi connectivity index (χ0v) is 13.1. The monoisotopic (exact) mass is 288 g/mol. The maximum Gasteiger partial charge on any atom is 0.265 e. The van der Waals surface area contributed by atoms with E-state index in [0.717, 1.165) is 49.4 Å². The number of aromatic nitrogens is 1. The fraction of sp³-hybridized carbons (Fsp3) is 0.562. The summed E-state index contributed by atoms with van der Waals surface area (Å²) < 4.78 is 0. The Morgan fingerprint density at radius 3 is 2.81 bits per heavy atom. The lowest BCUT2D eigenvalue weighted by Crippen LogP contribution is -2.38. The van der Waals surface area contributed by atoms with E-state index in [4.69, 9.17) is 0 Å². The average molecular weight is 288 g/mol. The molecule has 2 rings (SSSR count). The summed E-state index contributed by atoms with van der Waals surface area (Å²) in [4.78, 5) is 20.8. The second-order valence-electron chi connectivity index (χ2n) is 5.66. The zero-order chi connectivity index (χ0) is 15.2. The summed E-state index contributed by atoms with van der Waals surface area (Å²) in [5.41, 5.74) is 3.17. The van der Waals surface area contributed by atoms with Gasteiger partial charge in [0.1, 0.15) is 5.71 Å². The van der Waals surface area contributed by atoms with Gasteiger partial charge in [-0.3, -0.25) is 9.78 Å². The molecule has 1 amide bonds. The molecule has 1 aliphatic rings. The van der Waals surface area contributed by atoms with E-state index in [1.54, 1.807) is 13.1 Å². The van der Waals surface area contributed by atoms with E-state index < -0.39 is 0 Å². The van der Waals surface area contributed by atoms with Gasteiger partial charge in [-0.1, -0.05) is 0 Å². The van der Waals surface area contributed by atoms with Crippen molar-refractivity contribution >= 4 is 17.3 Å². The first-order valence-electron chi connectivity index (χ1n) is 7.54. The fourth-order valence-corrected chi connectivity index (χ4v) is 2.52. The SMILES string of the molecule is C/C(=N\c1c(C)ccnc1C)C(=O)NCC1CCNCC1. The molecule has 5 heteroatoms. The van der Waals surface area contributed by atoms with E-state index in [0.29, 0.717) is 11.6 Å². The minimum Gasteiger partial charge on any atom is -0.351 e. The molecule has 2 heterocycles. The van der Waals surface area contributed by atoms with Gasteiger partial charge in [0.05, 0.1) is 11.4 Å². The highest BCUT2D eigenvalue weighted by molar-refractivity contribution is 6.38. The summed E-state index contributed by atoms with van der Waals surface area (Å²) in [5, 5.41) is 6.32. The van der Waals surface area contributed by atoms with Crippen LogP contribution in [0.25, 0.3) is 0 Å². The molecule has 0 bridgehead atoms. The number of pyridine rings is 1. The first-order chi connectivity index (χ1) is 10.1. The zero-order valence-electron chi connectivity index (χ0n) is 13.1. The van der Waals surface area contributed by atoms with Crippen LogP contribution in [0, 0.1) is 19.8 Å². The third-order valence-corrected chi connectivity index (χ3v) is 3.93. The van der Waals surface area contributed by atoms with Gasteiger partial charge in [-0.05, 0) is 64.3 Å². The van der Waals surface area contributed by atoms with Crippen molar-refractivity contribution in [2.24, 2.45) is 10.9 Å². The van der Waals surface area contributed by atoms with Crippen molar-refractivity contribution < 1.29 is 4.79 Å². The Balaban J connectivity index is 1.96. The van der Waals surface area contributed by atoms with Crippen LogP contribution >= 0.6 is 0 Å². The molecule has 0 aromatic carbocycles. The van der Waals surface area contributed by atoms with Crippen molar-refractivity contribution in [1.82, 2.24) is 15.6 Å². The lowest BCUT2D eigenvalue weighted by atomic mass is 9.98. The Morgan fingerprint density at radius 1 is 1.43 bits per heavy atom. The molecule has 0 atom stereocenters. The number of aliphatic imine (C=N–C) groups is 1. The molecule has 1 aromatic heterocycles. The molecule has 0 saturated carbocycles. The van der Waals surface area contributed by atoms with Crippen LogP contribution in [0.5, 0.6) is 0 Å². The quantitative estimate of drug-likeness (QED) is 0.832. The van der Waals surface area contributed by atoms with Gasteiger partial charge >= 0.3 is 0 Å². The van der Waals surface area contributed by atoms with Gasteiger partial charge < -0.3 is 10.6 Å². The number of amides is 1. The smallest absolute Gasteiger partial charge is 0.265 e. The summed E-state index contributed by atoms with van der Waals surface area (Å²) in [6, 6.07) is 1.91. The summed E-state index contributed by atoms with van der Waals surface area (Å²) >= 11 is 0. The first kappa shape index (κ1) is 15.6. The predicted octanol–water partition coefficient (Wildman–Crippen LogP) is 1.91. The summed E-state index contributed by atoms with van der Waals surface area (Å²) in [6.07, 6.45) is 4.00. The van der Waals surface area contributed by atoms with Gasteiger partial charge in [-0.2, -0.15) is 0 Å². The van der Waals surface area contributed by atoms with Crippen LogP contribution in [0.2, 0.25) is 0 Å². The molecule has 1 saturated heterocycles. The van der Waals surface area contributed by atoms with Crippen LogP contribution < -0.4 is 10.6 Å². The molecule has 5 nitrogen and oxygen atoms in total. The molecule has 1 fully saturated rings. The number of hydrogen-bond donors (Lipinski definition) is 2. The van der Waals surface area contributed by atoms with Gasteiger partial charge in [-0.25, -0.2) is 4.99 Å². The second kappa shape index (κ2) is 7.31.